The van der Waals surface area contributed by atoms with E-state index in [4.69, 9.17) is 11.6 Å². The number of alkyl halides is 1. The molecule has 1 aromatic carbocycles. The van der Waals surface area contributed by atoms with Crippen molar-refractivity contribution in [1.82, 2.24) is 0 Å². The fourth-order valence-corrected chi connectivity index (χ4v) is 1.41. The zero-order valence-electron chi connectivity index (χ0n) is 8.13. The average molecular weight is 217 g/mol. The molecule has 1 nitrogen and oxygen atoms in total. The van der Waals surface area contributed by atoms with Crippen LogP contribution in [-0.4, -0.2) is 11.0 Å². The Morgan fingerprint density at radius 3 is 2.79 bits per heavy atom. The van der Waals surface area contributed by atoms with Crippen molar-refractivity contribution in [2.24, 2.45) is 0 Å². The monoisotopic (exact) mass is 216 g/mol. The van der Waals surface area contributed by atoms with Crippen LogP contribution in [0.2, 0.25) is 0 Å². The van der Waals surface area contributed by atoms with Crippen LogP contribution in [0.1, 0.15) is 30.1 Å². The minimum atomic E-state index is -0.608. The van der Waals surface area contributed by atoms with Crippen LogP contribution in [-0.2, 0) is 0 Å². The highest BCUT2D eigenvalue weighted by Gasteiger charge is 2.08. The molecule has 0 bridgehead atoms. The van der Waals surface area contributed by atoms with Crippen LogP contribution in [0.15, 0.2) is 18.2 Å². The normalized spacial score (nSPS) is 12.9. The van der Waals surface area contributed by atoms with Crippen LogP contribution in [0.5, 0.6) is 0 Å². The lowest BCUT2D eigenvalue weighted by molar-refractivity contribution is 0.166. The van der Waals surface area contributed by atoms with Crippen LogP contribution in [0.4, 0.5) is 4.39 Å². The smallest absolute Gasteiger partial charge is 0.126 e. The number of halogens is 2. The van der Waals surface area contributed by atoms with Crippen LogP contribution >= 0.6 is 11.6 Å². The van der Waals surface area contributed by atoms with Gasteiger partial charge in [-0.2, -0.15) is 0 Å². The third-order valence-corrected chi connectivity index (χ3v) is 2.46. The van der Waals surface area contributed by atoms with E-state index in [1.165, 1.54) is 6.07 Å². The van der Waals surface area contributed by atoms with Crippen molar-refractivity contribution in [3.05, 3.63) is 35.1 Å². The summed E-state index contributed by atoms with van der Waals surface area (Å²) in [5.74, 6) is 0.248. The van der Waals surface area contributed by atoms with Crippen LogP contribution in [0, 0.1) is 12.7 Å². The molecule has 1 atom stereocenters. The van der Waals surface area contributed by atoms with Gasteiger partial charge in [0.15, 0.2) is 0 Å². The predicted octanol–water partition coefficient (Wildman–Crippen LogP) is 3.19. The molecule has 0 aromatic heterocycles. The van der Waals surface area contributed by atoms with Crippen molar-refractivity contribution in [3.8, 4) is 0 Å². The van der Waals surface area contributed by atoms with E-state index < -0.39 is 6.10 Å². The molecule has 1 aromatic rings. The van der Waals surface area contributed by atoms with E-state index in [1.807, 2.05) is 0 Å². The van der Waals surface area contributed by atoms with Gasteiger partial charge in [-0.05, 0) is 37.0 Å². The second kappa shape index (κ2) is 5.32. The van der Waals surface area contributed by atoms with Gasteiger partial charge in [0.1, 0.15) is 5.82 Å². The number of hydrogen-bond donors (Lipinski definition) is 1. The minimum absolute atomic E-state index is 0.271. The Kier molecular flexibility index (Phi) is 4.36. The molecule has 0 saturated heterocycles. The van der Waals surface area contributed by atoms with Gasteiger partial charge in [0.2, 0.25) is 0 Å². The number of aliphatic hydroxyl groups excluding tert-OH is 1. The summed E-state index contributed by atoms with van der Waals surface area (Å²) < 4.78 is 13.1. The standard InChI is InChI=1S/C11H14ClFO/c1-8-4-5-9(7-10(8)13)11(14)3-2-6-12/h4-5,7,11,14H,2-3,6H2,1H3. The summed E-state index contributed by atoms with van der Waals surface area (Å²) in [5, 5.41) is 9.64. The zero-order valence-corrected chi connectivity index (χ0v) is 8.89. The van der Waals surface area contributed by atoms with Gasteiger partial charge in [0, 0.05) is 5.88 Å². The summed E-state index contributed by atoms with van der Waals surface area (Å²) in [7, 11) is 0. The Labute approximate surface area is 88.5 Å². The van der Waals surface area contributed by atoms with Crippen molar-refractivity contribution in [3.63, 3.8) is 0 Å². The maximum absolute atomic E-state index is 13.1. The highest BCUT2D eigenvalue weighted by atomic mass is 35.5. The lowest BCUT2D eigenvalue weighted by atomic mass is 10.0. The van der Waals surface area contributed by atoms with E-state index in [0.717, 1.165) is 6.42 Å². The van der Waals surface area contributed by atoms with E-state index in [1.54, 1.807) is 19.1 Å². The van der Waals surface area contributed by atoms with E-state index in [2.05, 4.69) is 0 Å². The second-order valence-electron chi connectivity index (χ2n) is 3.36. The van der Waals surface area contributed by atoms with Gasteiger partial charge in [-0.1, -0.05) is 12.1 Å². The van der Waals surface area contributed by atoms with Crippen LogP contribution in [0.25, 0.3) is 0 Å². The van der Waals surface area contributed by atoms with E-state index in [-0.39, 0.29) is 5.82 Å². The molecular weight excluding hydrogens is 203 g/mol. The Morgan fingerprint density at radius 1 is 1.50 bits per heavy atom. The SMILES string of the molecule is Cc1ccc(C(O)CCCCl)cc1F. The van der Waals surface area contributed by atoms with Gasteiger partial charge in [0.25, 0.3) is 0 Å². The van der Waals surface area contributed by atoms with Gasteiger partial charge in [-0.15, -0.1) is 11.6 Å². The lowest BCUT2D eigenvalue weighted by Gasteiger charge is -2.10. The largest absolute Gasteiger partial charge is 0.388 e. The van der Waals surface area contributed by atoms with Crippen molar-refractivity contribution in [2.45, 2.75) is 25.9 Å². The first kappa shape index (κ1) is 11.5. The van der Waals surface area contributed by atoms with Gasteiger partial charge < -0.3 is 5.11 Å². The van der Waals surface area contributed by atoms with Crippen molar-refractivity contribution >= 4 is 11.6 Å². The summed E-state index contributed by atoms with van der Waals surface area (Å²) in [6, 6.07) is 4.81. The molecule has 3 heteroatoms. The summed E-state index contributed by atoms with van der Waals surface area (Å²) in [6.45, 7) is 1.70. The van der Waals surface area contributed by atoms with Gasteiger partial charge in [-0.3, -0.25) is 0 Å². The molecule has 0 fully saturated rings. The topological polar surface area (TPSA) is 20.2 Å². The van der Waals surface area contributed by atoms with Gasteiger partial charge in [0.05, 0.1) is 6.10 Å². The highest BCUT2D eigenvalue weighted by Crippen LogP contribution is 2.20. The van der Waals surface area contributed by atoms with Crippen molar-refractivity contribution in [2.75, 3.05) is 5.88 Å². The quantitative estimate of drug-likeness (QED) is 0.767. The van der Waals surface area contributed by atoms with Crippen molar-refractivity contribution < 1.29 is 9.50 Å². The number of aliphatic hydroxyl groups is 1. The van der Waals surface area contributed by atoms with Crippen LogP contribution < -0.4 is 0 Å². The van der Waals surface area contributed by atoms with E-state index in [9.17, 15) is 9.50 Å². The molecule has 1 N–H and O–H groups in total. The molecule has 14 heavy (non-hydrogen) atoms. The first-order valence-corrected chi connectivity index (χ1v) is 5.18. The summed E-state index contributed by atoms with van der Waals surface area (Å²) in [6.07, 6.45) is 0.702. The van der Waals surface area contributed by atoms with Crippen LogP contribution in [0.3, 0.4) is 0 Å². The molecule has 0 aliphatic heterocycles. The summed E-state index contributed by atoms with van der Waals surface area (Å²) >= 11 is 5.50. The molecule has 0 saturated carbocycles. The molecule has 0 radical (unpaired) electrons. The molecule has 0 amide bonds. The molecular formula is C11H14ClFO. The van der Waals surface area contributed by atoms with Crippen molar-refractivity contribution in [1.29, 1.82) is 0 Å². The molecule has 1 rings (SSSR count). The predicted molar refractivity (Wildman–Crippen MR) is 56.1 cm³/mol. The number of rotatable bonds is 4. The lowest BCUT2D eigenvalue weighted by Crippen LogP contribution is -1.99. The fraction of sp³-hybridized carbons (Fsp3) is 0.455. The Bertz CT molecular complexity index is 301. The maximum Gasteiger partial charge on any atom is 0.126 e. The second-order valence-corrected chi connectivity index (χ2v) is 3.73. The molecule has 0 spiro atoms. The highest BCUT2D eigenvalue weighted by molar-refractivity contribution is 6.17. The summed E-state index contributed by atoms with van der Waals surface area (Å²) in [4.78, 5) is 0. The van der Waals surface area contributed by atoms with Gasteiger partial charge in [-0.25, -0.2) is 4.39 Å². The summed E-state index contributed by atoms with van der Waals surface area (Å²) in [5.41, 5.74) is 1.22. The molecule has 0 aliphatic carbocycles. The molecule has 1 unspecified atom stereocenters. The third kappa shape index (κ3) is 2.96. The first-order chi connectivity index (χ1) is 6.65. The number of benzene rings is 1. The maximum atomic E-state index is 13.1. The fourth-order valence-electron chi connectivity index (χ4n) is 1.25. The van der Waals surface area contributed by atoms with E-state index in [0.29, 0.717) is 23.4 Å². The van der Waals surface area contributed by atoms with E-state index >= 15 is 0 Å². The molecule has 78 valence electrons. The van der Waals surface area contributed by atoms with Gasteiger partial charge >= 0.3 is 0 Å². The number of aryl methyl sites for hydroxylation is 1. The number of hydrogen-bond acceptors (Lipinski definition) is 1. The first-order valence-electron chi connectivity index (χ1n) is 4.65. The molecule has 0 aliphatic rings. The Hall–Kier alpha value is -0.600. The minimum Gasteiger partial charge on any atom is -0.388 e. The Balaban J connectivity index is 2.70. The average Bonchev–Trinajstić information content (AvgIpc) is 2.18. The molecule has 0 heterocycles. The zero-order chi connectivity index (χ0) is 10.6. The Morgan fingerprint density at radius 2 is 2.21 bits per heavy atom. The third-order valence-electron chi connectivity index (χ3n) is 2.19.